The lowest BCUT2D eigenvalue weighted by Crippen LogP contribution is -2.33. The molecule has 0 atom stereocenters. The Kier molecular flexibility index (Phi) is 7.15. The summed E-state index contributed by atoms with van der Waals surface area (Å²) in [5.41, 5.74) is 1.47. The molecule has 0 aliphatic carbocycles. The third-order valence-electron chi connectivity index (χ3n) is 4.97. The zero-order valence-electron chi connectivity index (χ0n) is 18.4. The highest BCUT2D eigenvalue weighted by atomic mass is 19.4. The molecule has 7 nitrogen and oxygen atoms in total. The first-order valence-electron chi connectivity index (χ1n) is 10.4. The van der Waals surface area contributed by atoms with E-state index in [0.29, 0.717) is 11.4 Å². The number of nitrogens with zero attached hydrogens (tertiary/aromatic N) is 3. The van der Waals surface area contributed by atoms with E-state index in [-0.39, 0.29) is 29.8 Å². The Labute approximate surface area is 189 Å². The molecule has 33 heavy (non-hydrogen) atoms. The number of hydrogen-bond acceptors (Lipinski definition) is 4. The van der Waals surface area contributed by atoms with Crippen molar-refractivity contribution in [2.45, 2.75) is 39.3 Å². The highest BCUT2D eigenvalue weighted by Gasteiger charge is 2.31. The molecule has 2 heterocycles. The lowest BCUT2D eigenvalue weighted by Gasteiger charge is -2.13. The SMILES string of the molecule is CCc1ccccc1NC(=O)CNC(=O)c1cnn(-c2ccc(C(F)(F)F)cn2)c1C(C)C. The smallest absolute Gasteiger partial charge is 0.343 e. The maximum atomic E-state index is 12.8. The summed E-state index contributed by atoms with van der Waals surface area (Å²) in [6, 6.07) is 9.50. The van der Waals surface area contributed by atoms with Crippen molar-refractivity contribution in [2.75, 3.05) is 11.9 Å². The fourth-order valence-electron chi connectivity index (χ4n) is 3.35. The Balaban J connectivity index is 1.74. The Hall–Kier alpha value is -3.69. The molecule has 2 N–H and O–H groups in total. The van der Waals surface area contributed by atoms with Gasteiger partial charge in [-0.2, -0.15) is 18.3 Å². The molecule has 0 saturated carbocycles. The van der Waals surface area contributed by atoms with Gasteiger partial charge in [0.2, 0.25) is 5.91 Å². The second kappa shape index (κ2) is 9.85. The van der Waals surface area contributed by atoms with Crippen molar-refractivity contribution in [3.05, 3.63) is 71.2 Å². The van der Waals surface area contributed by atoms with Crippen LogP contribution in [-0.4, -0.2) is 33.1 Å². The first-order chi connectivity index (χ1) is 15.6. The fourth-order valence-corrected chi connectivity index (χ4v) is 3.35. The molecule has 3 rings (SSSR count). The van der Waals surface area contributed by atoms with E-state index in [1.54, 1.807) is 6.07 Å². The van der Waals surface area contributed by atoms with Crippen LogP contribution in [0.25, 0.3) is 5.82 Å². The number of pyridine rings is 1. The van der Waals surface area contributed by atoms with Crippen LogP contribution in [0.4, 0.5) is 18.9 Å². The second-order valence-corrected chi connectivity index (χ2v) is 7.65. The molecular weight excluding hydrogens is 435 g/mol. The van der Waals surface area contributed by atoms with Crippen molar-refractivity contribution >= 4 is 17.5 Å². The number of anilines is 1. The van der Waals surface area contributed by atoms with Crippen LogP contribution in [-0.2, 0) is 17.4 Å². The van der Waals surface area contributed by atoms with Gasteiger partial charge < -0.3 is 10.6 Å². The number of aryl methyl sites for hydroxylation is 1. The third kappa shape index (κ3) is 5.57. The first kappa shape index (κ1) is 24.0. The standard InChI is InChI=1S/C23H24F3N5O2/c1-4-15-7-5-6-8-18(15)30-20(32)13-28-22(33)17-12-29-31(21(17)14(2)3)19-10-9-16(11-27-19)23(24,25)26/h5-12,14H,4,13H2,1-3H3,(H,28,33)(H,30,32). The number of benzene rings is 1. The molecule has 0 spiro atoms. The summed E-state index contributed by atoms with van der Waals surface area (Å²) >= 11 is 0. The summed E-state index contributed by atoms with van der Waals surface area (Å²) in [6.07, 6.45) is -1.72. The van der Waals surface area contributed by atoms with Gasteiger partial charge in [0.1, 0.15) is 0 Å². The van der Waals surface area contributed by atoms with E-state index >= 15 is 0 Å². The zero-order valence-corrected chi connectivity index (χ0v) is 18.4. The van der Waals surface area contributed by atoms with Gasteiger partial charge in [-0.3, -0.25) is 9.59 Å². The van der Waals surface area contributed by atoms with Gasteiger partial charge in [0.25, 0.3) is 5.91 Å². The molecule has 2 aromatic heterocycles. The molecule has 0 aliphatic rings. The number of carbonyl (C=O) groups is 2. The van der Waals surface area contributed by atoms with Crippen LogP contribution in [0.1, 0.15) is 53.9 Å². The monoisotopic (exact) mass is 459 g/mol. The number of halogens is 3. The Morgan fingerprint density at radius 3 is 2.42 bits per heavy atom. The van der Waals surface area contributed by atoms with Crippen LogP contribution in [0.5, 0.6) is 0 Å². The van der Waals surface area contributed by atoms with E-state index in [9.17, 15) is 22.8 Å². The predicted octanol–water partition coefficient (Wildman–Crippen LogP) is 4.34. The summed E-state index contributed by atoms with van der Waals surface area (Å²) in [6.45, 7) is 5.37. The number of amides is 2. The number of alkyl halides is 3. The minimum Gasteiger partial charge on any atom is -0.343 e. The van der Waals surface area contributed by atoms with Crippen molar-refractivity contribution in [1.82, 2.24) is 20.1 Å². The van der Waals surface area contributed by atoms with E-state index in [0.717, 1.165) is 24.2 Å². The van der Waals surface area contributed by atoms with Crippen LogP contribution in [0.3, 0.4) is 0 Å². The predicted molar refractivity (Wildman–Crippen MR) is 117 cm³/mol. The molecule has 2 amide bonds. The lowest BCUT2D eigenvalue weighted by atomic mass is 10.1. The Morgan fingerprint density at radius 1 is 1.09 bits per heavy atom. The Bertz CT molecular complexity index is 1140. The normalized spacial score (nSPS) is 11.5. The minimum atomic E-state index is -4.50. The van der Waals surface area contributed by atoms with E-state index in [4.69, 9.17) is 0 Å². The Morgan fingerprint density at radius 2 is 1.82 bits per heavy atom. The van der Waals surface area contributed by atoms with Gasteiger partial charge in [-0.25, -0.2) is 9.67 Å². The summed E-state index contributed by atoms with van der Waals surface area (Å²) in [7, 11) is 0. The quantitative estimate of drug-likeness (QED) is 0.550. The van der Waals surface area contributed by atoms with Gasteiger partial charge in [-0.1, -0.05) is 39.0 Å². The molecule has 1 aromatic carbocycles. The second-order valence-electron chi connectivity index (χ2n) is 7.65. The van der Waals surface area contributed by atoms with Crippen molar-refractivity contribution in [3.8, 4) is 5.82 Å². The number of aromatic nitrogens is 3. The largest absolute Gasteiger partial charge is 0.417 e. The van der Waals surface area contributed by atoms with E-state index in [1.807, 2.05) is 39.0 Å². The molecule has 10 heteroatoms. The van der Waals surface area contributed by atoms with Gasteiger partial charge in [0, 0.05) is 11.9 Å². The molecule has 0 radical (unpaired) electrons. The van der Waals surface area contributed by atoms with Gasteiger partial charge >= 0.3 is 6.18 Å². The number of para-hydroxylation sites is 1. The molecule has 0 fully saturated rings. The number of carbonyl (C=O) groups excluding carboxylic acids is 2. The summed E-state index contributed by atoms with van der Waals surface area (Å²) in [4.78, 5) is 28.9. The van der Waals surface area contributed by atoms with Crippen molar-refractivity contribution < 1.29 is 22.8 Å². The van der Waals surface area contributed by atoms with Crippen LogP contribution in [0, 0.1) is 0 Å². The number of hydrogen-bond donors (Lipinski definition) is 2. The minimum absolute atomic E-state index is 0.152. The maximum absolute atomic E-state index is 12.8. The van der Waals surface area contributed by atoms with Crippen molar-refractivity contribution in [2.24, 2.45) is 0 Å². The van der Waals surface area contributed by atoms with Crippen molar-refractivity contribution in [1.29, 1.82) is 0 Å². The topological polar surface area (TPSA) is 88.9 Å². The third-order valence-corrected chi connectivity index (χ3v) is 4.97. The first-order valence-corrected chi connectivity index (χ1v) is 10.4. The molecule has 0 unspecified atom stereocenters. The highest BCUT2D eigenvalue weighted by Crippen LogP contribution is 2.29. The van der Waals surface area contributed by atoms with Crippen molar-refractivity contribution in [3.63, 3.8) is 0 Å². The molecule has 0 saturated heterocycles. The lowest BCUT2D eigenvalue weighted by molar-refractivity contribution is -0.137. The molecular formula is C23H24F3N5O2. The number of nitrogens with one attached hydrogen (secondary N) is 2. The van der Waals surface area contributed by atoms with Crippen LogP contribution < -0.4 is 10.6 Å². The molecule has 174 valence electrons. The van der Waals surface area contributed by atoms with Crippen LogP contribution >= 0.6 is 0 Å². The summed E-state index contributed by atoms with van der Waals surface area (Å²) < 4.78 is 39.8. The average Bonchev–Trinajstić information content (AvgIpc) is 3.23. The van der Waals surface area contributed by atoms with E-state index < -0.39 is 17.6 Å². The summed E-state index contributed by atoms with van der Waals surface area (Å²) in [5, 5.41) is 9.50. The fraction of sp³-hybridized carbons (Fsp3) is 0.304. The van der Waals surface area contributed by atoms with Crippen LogP contribution in [0.15, 0.2) is 48.8 Å². The summed E-state index contributed by atoms with van der Waals surface area (Å²) in [5.74, 6) is -0.940. The van der Waals surface area contributed by atoms with Gasteiger partial charge in [-0.15, -0.1) is 0 Å². The molecule has 3 aromatic rings. The molecule has 0 aliphatic heterocycles. The highest BCUT2D eigenvalue weighted by molar-refractivity contribution is 6.00. The zero-order chi connectivity index (χ0) is 24.2. The van der Waals surface area contributed by atoms with Gasteiger partial charge in [0.05, 0.1) is 29.6 Å². The van der Waals surface area contributed by atoms with E-state index in [1.165, 1.54) is 16.9 Å². The van der Waals surface area contributed by atoms with Crippen LogP contribution in [0.2, 0.25) is 0 Å². The molecule has 0 bridgehead atoms. The van der Waals surface area contributed by atoms with Gasteiger partial charge in [-0.05, 0) is 36.1 Å². The average molecular weight is 459 g/mol. The maximum Gasteiger partial charge on any atom is 0.417 e. The van der Waals surface area contributed by atoms with Gasteiger partial charge in [0.15, 0.2) is 5.82 Å². The number of rotatable bonds is 7. The van der Waals surface area contributed by atoms with E-state index in [2.05, 4.69) is 20.7 Å².